The second kappa shape index (κ2) is 9.54. The molecule has 32 heavy (non-hydrogen) atoms. The molecule has 2 aromatic rings. The fourth-order valence-corrected chi connectivity index (χ4v) is 5.36. The first-order chi connectivity index (χ1) is 15.2. The van der Waals surface area contributed by atoms with Gasteiger partial charge in [0.25, 0.3) is 0 Å². The highest BCUT2D eigenvalue weighted by molar-refractivity contribution is 7.46. The first-order valence-corrected chi connectivity index (χ1v) is 12.6. The van der Waals surface area contributed by atoms with E-state index in [1.807, 2.05) is 24.3 Å². The summed E-state index contributed by atoms with van der Waals surface area (Å²) in [5.74, 6) is 2.40. The monoisotopic (exact) mass is 461 g/mol. The van der Waals surface area contributed by atoms with Crippen molar-refractivity contribution in [3.63, 3.8) is 0 Å². The summed E-state index contributed by atoms with van der Waals surface area (Å²) in [4.78, 5) is 17.9. The summed E-state index contributed by atoms with van der Waals surface area (Å²) in [5, 5.41) is 0. The molecule has 4 N–H and O–H groups in total. The van der Waals surface area contributed by atoms with Crippen molar-refractivity contribution in [1.29, 1.82) is 0 Å². The molecule has 2 aliphatic carbocycles. The van der Waals surface area contributed by atoms with Gasteiger partial charge in [0.2, 0.25) is 0 Å². The zero-order chi connectivity index (χ0) is 22.8. The van der Waals surface area contributed by atoms with Gasteiger partial charge in [-0.05, 0) is 79.2 Å². The van der Waals surface area contributed by atoms with Gasteiger partial charge in [-0.2, -0.15) is 0 Å². The Bertz CT molecular complexity index is 992. The number of phosphoric ester groups is 1. The molecule has 0 spiro atoms. The van der Waals surface area contributed by atoms with Crippen molar-refractivity contribution in [2.24, 2.45) is 11.7 Å². The van der Waals surface area contributed by atoms with Crippen molar-refractivity contribution in [1.82, 2.24) is 0 Å². The summed E-state index contributed by atoms with van der Waals surface area (Å²) >= 11 is 0. The highest BCUT2D eigenvalue weighted by Gasteiger charge is 2.38. The van der Waals surface area contributed by atoms with E-state index in [9.17, 15) is 4.57 Å². The highest BCUT2D eigenvalue weighted by Crippen LogP contribution is 2.44. The maximum atomic E-state index is 11.0. The maximum absolute atomic E-state index is 11.0. The zero-order valence-electron chi connectivity index (χ0n) is 18.4. The van der Waals surface area contributed by atoms with Gasteiger partial charge in [0, 0.05) is 11.6 Å². The molecule has 0 aliphatic heterocycles. The molecular weight excluding hydrogens is 429 g/mol. The number of fused-ring (bicyclic) bond motifs is 1. The van der Waals surface area contributed by atoms with E-state index in [2.05, 4.69) is 18.2 Å². The third kappa shape index (κ3) is 5.91. The lowest BCUT2D eigenvalue weighted by Crippen LogP contribution is -2.41. The van der Waals surface area contributed by atoms with E-state index in [1.54, 1.807) is 7.11 Å². The fraction of sp³-hybridized carbons (Fsp3) is 0.500. The van der Waals surface area contributed by atoms with E-state index in [-0.39, 0.29) is 6.61 Å². The van der Waals surface area contributed by atoms with Gasteiger partial charge in [-0.25, -0.2) is 4.57 Å². The summed E-state index contributed by atoms with van der Waals surface area (Å²) < 4.78 is 27.0. The Kier molecular flexibility index (Phi) is 6.94. The van der Waals surface area contributed by atoms with Gasteiger partial charge >= 0.3 is 7.82 Å². The zero-order valence-corrected chi connectivity index (χ0v) is 19.3. The second-order valence-electron chi connectivity index (χ2n) is 9.19. The average molecular weight is 461 g/mol. The van der Waals surface area contributed by atoms with Crippen molar-refractivity contribution in [3.05, 3.63) is 59.2 Å². The van der Waals surface area contributed by atoms with Crippen LogP contribution >= 0.6 is 7.82 Å². The van der Waals surface area contributed by atoms with Gasteiger partial charge in [0.05, 0.1) is 20.3 Å². The minimum Gasteiger partial charge on any atom is -0.497 e. The van der Waals surface area contributed by atoms with Gasteiger partial charge in [-0.1, -0.05) is 24.3 Å². The lowest BCUT2D eigenvalue weighted by molar-refractivity contribution is 0.153. The van der Waals surface area contributed by atoms with Crippen LogP contribution in [0.2, 0.25) is 0 Å². The van der Waals surface area contributed by atoms with E-state index in [4.69, 9.17) is 29.5 Å². The number of hydrogen-bond acceptors (Lipinski definition) is 5. The minimum absolute atomic E-state index is 0.117. The summed E-state index contributed by atoms with van der Waals surface area (Å²) in [6.45, 7) is 0.569. The van der Waals surface area contributed by atoms with Crippen LogP contribution < -0.4 is 15.2 Å². The topological polar surface area (TPSA) is 111 Å². The van der Waals surface area contributed by atoms with E-state index < -0.39 is 13.4 Å². The molecule has 0 heterocycles. The number of nitrogens with two attached hydrogens (primary N) is 1. The van der Waals surface area contributed by atoms with Crippen molar-refractivity contribution < 1.29 is 28.3 Å². The average Bonchev–Trinajstić information content (AvgIpc) is 3.18. The Balaban J connectivity index is 1.34. The lowest BCUT2D eigenvalue weighted by atomic mass is 9.82. The molecule has 4 rings (SSSR count). The third-order valence-corrected chi connectivity index (χ3v) is 7.19. The molecule has 174 valence electrons. The molecular formula is C24H32NO6P. The molecule has 0 saturated heterocycles. The highest BCUT2D eigenvalue weighted by atomic mass is 31.2. The van der Waals surface area contributed by atoms with E-state index in [0.29, 0.717) is 31.3 Å². The summed E-state index contributed by atoms with van der Waals surface area (Å²) in [5.41, 5.74) is 9.70. The molecule has 0 radical (unpaired) electrons. The molecule has 1 saturated carbocycles. The van der Waals surface area contributed by atoms with E-state index in [0.717, 1.165) is 37.2 Å². The summed E-state index contributed by atoms with van der Waals surface area (Å²) in [6.07, 6.45) is 5.37. The number of phosphoric acid groups is 1. The van der Waals surface area contributed by atoms with Crippen LogP contribution in [0.4, 0.5) is 0 Å². The second-order valence-corrected chi connectivity index (χ2v) is 10.4. The van der Waals surface area contributed by atoms with Crippen LogP contribution in [0.15, 0.2) is 42.5 Å². The minimum atomic E-state index is -4.50. The van der Waals surface area contributed by atoms with Gasteiger partial charge in [0.1, 0.15) is 11.5 Å². The van der Waals surface area contributed by atoms with Crippen molar-refractivity contribution in [2.45, 2.75) is 50.0 Å². The first kappa shape index (κ1) is 23.3. The van der Waals surface area contributed by atoms with Crippen LogP contribution in [0.25, 0.3) is 0 Å². The van der Waals surface area contributed by atoms with Crippen LogP contribution in [-0.2, 0) is 21.9 Å². The summed E-state index contributed by atoms with van der Waals surface area (Å²) in [7, 11) is -2.85. The molecule has 0 amide bonds. The fourth-order valence-electron chi connectivity index (χ4n) is 4.94. The molecule has 2 aromatic carbocycles. The van der Waals surface area contributed by atoms with Crippen molar-refractivity contribution in [2.75, 3.05) is 20.3 Å². The quantitative estimate of drug-likeness (QED) is 0.511. The van der Waals surface area contributed by atoms with Crippen LogP contribution in [0.3, 0.4) is 0 Å². The summed E-state index contributed by atoms with van der Waals surface area (Å²) in [6, 6.07) is 14.4. The largest absolute Gasteiger partial charge is 0.497 e. The molecule has 8 heteroatoms. The normalized spacial score (nSPS) is 25.4. The Morgan fingerprint density at radius 3 is 2.72 bits per heavy atom. The maximum Gasteiger partial charge on any atom is 0.469 e. The van der Waals surface area contributed by atoms with Gasteiger partial charge in [-0.3, -0.25) is 4.52 Å². The number of rotatable bonds is 8. The molecule has 2 aliphatic rings. The number of ether oxygens (including phenoxy) is 2. The Hall–Kier alpha value is -1.89. The molecule has 3 atom stereocenters. The predicted octanol–water partition coefficient (Wildman–Crippen LogP) is 3.95. The molecule has 1 fully saturated rings. The van der Waals surface area contributed by atoms with Crippen LogP contribution in [0.5, 0.6) is 11.5 Å². The van der Waals surface area contributed by atoms with Gasteiger partial charge in [0.15, 0.2) is 0 Å². The van der Waals surface area contributed by atoms with Gasteiger partial charge in [-0.15, -0.1) is 0 Å². The Labute approximate surface area is 189 Å². The van der Waals surface area contributed by atoms with E-state index >= 15 is 0 Å². The number of benzene rings is 2. The van der Waals surface area contributed by atoms with Crippen LogP contribution in [0, 0.1) is 5.92 Å². The molecule has 0 aromatic heterocycles. The van der Waals surface area contributed by atoms with Crippen molar-refractivity contribution >= 4 is 7.82 Å². The predicted molar refractivity (Wildman–Crippen MR) is 122 cm³/mol. The lowest BCUT2D eigenvalue weighted by Gasteiger charge is -2.27. The van der Waals surface area contributed by atoms with Crippen LogP contribution in [0.1, 0.15) is 48.3 Å². The molecule has 7 nitrogen and oxygen atoms in total. The van der Waals surface area contributed by atoms with Crippen LogP contribution in [-0.4, -0.2) is 35.6 Å². The number of hydrogen-bond donors (Lipinski definition) is 3. The Morgan fingerprint density at radius 1 is 1.12 bits per heavy atom. The van der Waals surface area contributed by atoms with E-state index in [1.165, 1.54) is 16.7 Å². The molecule has 0 bridgehead atoms. The number of methoxy groups -OCH3 is 1. The first-order valence-electron chi connectivity index (χ1n) is 11.1. The molecule has 0 unspecified atom stereocenters. The number of aryl methyl sites for hydroxylation is 1. The SMILES string of the molecule is COc1cccc(OC[C@H]2CCc3cc([C@H]4CC[C@](N)(COP(=O)(O)O)C4)ccc3C2)c1. The third-order valence-electron chi connectivity index (χ3n) is 6.72. The standard InChI is InChI=1S/C24H32NO6P/c1-29-22-3-2-4-23(13-22)30-15-17-5-6-19-12-20(8-7-18(19)11-17)21-9-10-24(25,14-21)16-31-32(26,27)28/h2-4,7-8,12-13,17,21H,5-6,9-11,14-16,25H2,1H3,(H2,26,27,28)/t17-,21-,24+/m0/s1. The Morgan fingerprint density at radius 2 is 1.94 bits per heavy atom. The van der Waals surface area contributed by atoms with Gasteiger partial charge < -0.3 is 25.0 Å². The van der Waals surface area contributed by atoms with Crippen molar-refractivity contribution in [3.8, 4) is 11.5 Å². The smallest absolute Gasteiger partial charge is 0.469 e.